The highest BCUT2D eigenvalue weighted by Crippen LogP contribution is 2.35. The van der Waals surface area contributed by atoms with Crippen LogP contribution >= 0.6 is 0 Å². The minimum Gasteiger partial charge on any atom is -0.497 e. The molecule has 0 unspecified atom stereocenters. The van der Waals surface area contributed by atoms with E-state index in [-0.39, 0.29) is 0 Å². The maximum Gasteiger partial charge on any atom is 0.179 e. The predicted molar refractivity (Wildman–Crippen MR) is 90.6 cm³/mol. The average Bonchev–Trinajstić information content (AvgIpc) is 2.98. The summed E-state index contributed by atoms with van der Waals surface area (Å²) < 4.78 is 11.8. The third kappa shape index (κ3) is 2.67. The highest BCUT2D eigenvalue weighted by molar-refractivity contribution is 5.71. The molecule has 24 heavy (non-hydrogen) atoms. The summed E-state index contributed by atoms with van der Waals surface area (Å²) in [5, 5.41) is 10.6. The van der Waals surface area contributed by atoms with E-state index in [4.69, 9.17) is 9.47 Å². The number of methoxy groups -OCH3 is 2. The van der Waals surface area contributed by atoms with E-state index < -0.39 is 0 Å². The van der Waals surface area contributed by atoms with Gasteiger partial charge in [-0.1, -0.05) is 6.92 Å². The summed E-state index contributed by atoms with van der Waals surface area (Å²) in [6, 6.07) is 9.14. The summed E-state index contributed by atoms with van der Waals surface area (Å²) >= 11 is 0. The van der Waals surface area contributed by atoms with Crippen LogP contribution in [0.4, 0.5) is 0 Å². The Kier molecular flexibility index (Phi) is 4.37. The monoisotopic (exact) mass is 325 g/mol. The van der Waals surface area contributed by atoms with Crippen LogP contribution in [0.25, 0.3) is 22.6 Å². The van der Waals surface area contributed by atoms with Crippen LogP contribution in [0.3, 0.4) is 0 Å². The molecule has 0 bridgehead atoms. The highest BCUT2D eigenvalue weighted by Gasteiger charge is 2.21. The summed E-state index contributed by atoms with van der Waals surface area (Å²) in [7, 11) is 3.17. The molecule has 0 saturated heterocycles. The molecule has 0 radical (unpaired) electrons. The van der Waals surface area contributed by atoms with Gasteiger partial charge in [-0.2, -0.15) is 4.73 Å². The standard InChI is InChI=1S/C18H19N3O3/c1-4-15-17(12-7-9-19-10-8-12)20-18(21(15)22)14-6-5-13(23-2)11-16(14)24-3/h5-11,22H,4H2,1-3H3. The molecule has 0 aliphatic rings. The SMILES string of the molecule is CCc1c(-c2ccncc2)nc(-c2ccc(OC)cc2OC)n1O. The number of pyridine rings is 1. The molecule has 1 aromatic carbocycles. The number of hydrogen-bond donors (Lipinski definition) is 1. The van der Waals surface area contributed by atoms with E-state index in [1.54, 1.807) is 32.7 Å². The van der Waals surface area contributed by atoms with Crippen LogP contribution in [0, 0.1) is 0 Å². The van der Waals surface area contributed by atoms with Gasteiger partial charge in [0.25, 0.3) is 0 Å². The van der Waals surface area contributed by atoms with Crippen LogP contribution in [0.15, 0.2) is 42.7 Å². The first-order chi connectivity index (χ1) is 11.7. The molecule has 6 heteroatoms. The van der Waals surface area contributed by atoms with Crippen LogP contribution in [0.5, 0.6) is 11.5 Å². The van der Waals surface area contributed by atoms with Gasteiger partial charge < -0.3 is 14.7 Å². The molecule has 0 fully saturated rings. The Morgan fingerprint density at radius 3 is 2.46 bits per heavy atom. The minimum absolute atomic E-state index is 0.429. The van der Waals surface area contributed by atoms with Crippen molar-refractivity contribution < 1.29 is 14.7 Å². The van der Waals surface area contributed by atoms with Gasteiger partial charge >= 0.3 is 0 Å². The summed E-state index contributed by atoms with van der Waals surface area (Å²) in [5.41, 5.74) is 3.06. The number of aromatic nitrogens is 3. The zero-order chi connectivity index (χ0) is 17.1. The van der Waals surface area contributed by atoms with Gasteiger partial charge in [0.05, 0.1) is 31.2 Å². The smallest absolute Gasteiger partial charge is 0.179 e. The number of ether oxygens (including phenoxy) is 2. The Labute approximate surface area is 140 Å². The second-order valence-electron chi connectivity index (χ2n) is 5.20. The van der Waals surface area contributed by atoms with E-state index >= 15 is 0 Å². The molecular weight excluding hydrogens is 306 g/mol. The Morgan fingerprint density at radius 2 is 1.83 bits per heavy atom. The number of nitrogens with zero attached hydrogens (tertiary/aromatic N) is 3. The molecule has 124 valence electrons. The third-order valence-corrected chi connectivity index (χ3v) is 3.89. The Morgan fingerprint density at radius 1 is 1.08 bits per heavy atom. The third-order valence-electron chi connectivity index (χ3n) is 3.89. The zero-order valence-electron chi connectivity index (χ0n) is 13.9. The van der Waals surface area contributed by atoms with Gasteiger partial charge in [0.1, 0.15) is 11.5 Å². The van der Waals surface area contributed by atoms with E-state index in [1.165, 1.54) is 0 Å². The summed E-state index contributed by atoms with van der Waals surface area (Å²) in [5.74, 6) is 1.69. The topological polar surface area (TPSA) is 69.4 Å². The van der Waals surface area contributed by atoms with E-state index in [2.05, 4.69) is 9.97 Å². The van der Waals surface area contributed by atoms with Crippen molar-refractivity contribution >= 4 is 0 Å². The lowest BCUT2D eigenvalue weighted by molar-refractivity contribution is 0.182. The van der Waals surface area contributed by atoms with Crippen molar-refractivity contribution in [3.8, 4) is 34.1 Å². The normalized spacial score (nSPS) is 10.6. The first-order valence-corrected chi connectivity index (χ1v) is 7.63. The molecule has 6 nitrogen and oxygen atoms in total. The van der Waals surface area contributed by atoms with E-state index in [0.717, 1.165) is 21.7 Å². The number of benzene rings is 1. The van der Waals surface area contributed by atoms with Gasteiger partial charge in [-0.15, -0.1) is 0 Å². The van der Waals surface area contributed by atoms with E-state index in [1.807, 2.05) is 31.2 Å². The molecule has 1 N–H and O–H groups in total. The second-order valence-corrected chi connectivity index (χ2v) is 5.20. The molecule has 0 aliphatic carbocycles. The van der Waals surface area contributed by atoms with Gasteiger partial charge in [-0.25, -0.2) is 4.98 Å². The van der Waals surface area contributed by atoms with Crippen LogP contribution in [0.2, 0.25) is 0 Å². The van der Waals surface area contributed by atoms with Crippen molar-refractivity contribution in [2.24, 2.45) is 0 Å². The van der Waals surface area contributed by atoms with Crippen molar-refractivity contribution in [1.29, 1.82) is 0 Å². The molecule has 2 heterocycles. The van der Waals surface area contributed by atoms with Crippen molar-refractivity contribution in [2.45, 2.75) is 13.3 Å². The van der Waals surface area contributed by atoms with Crippen molar-refractivity contribution in [3.63, 3.8) is 0 Å². The van der Waals surface area contributed by atoms with E-state index in [9.17, 15) is 5.21 Å². The fourth-order valence-electron chi connectivity index (χ4n) is 2.66. The summed E-state index contributed by atoms with van der Waals surface area (Å²) in [6.07, 6.45) is 4.05. The zero-order valence-corrected chi connectivity index (χ0v) is 13.9. The average molecular weight is 325 g/mol. The van der Waals surface area contributed by atoms with Crippen LogP contribution < -0.4 is 9.47 Å². The van der Waals surface area contributed by atoms with Gasteiger partial charge in [-0.3, -0.25) is 4.98 Å². The van der Waals surface area contributed by atoms with Crippen LogP contribution in [0.1, 0.15) is 12.6 Å². The molecule has 2 aromatic heterocycles. The molecule has 3 rings (SSSR count). The predicted octanol–water partition coefficient (Wildman–Crippen LogP) is 3.43. The molecule has 0 aliphatic heterocycles. The number of hydrogen-bond acceptors (Lipinski definition) is 5. The highest BCUT2D eigenvalue weighted by atomic mass is 16.5. The Bertz CT molecular complexity index is 844. The van der Waals surface area contributed by atoms with Gasteiger partial charge in [0.15, 0.2) is 5.82 Å². The minimum atomic E-state index is 0.429. The first-order valence-electron chi connectivity index (χ1n) is 7.63. The van der Waals surface area contributed by atoms with E-state index in [0.29, 0.717) is 29.3 Å². The number of imidazole rings is 1. The summed E-state index contributed by atoms with van der Waals surface area (Å²) in [4.78, 5) is 8.68. The maximum absolute atomic E-state index is 10.6. The molecule has 0 saturated carbocycles. The lowest BCUT2D eigenvalue weighted by Crippen LogP contribution is -2.01. The maximum atomic E-state index is 10.6. The second kappa shape index (κ2) is 6.62. The quantitative estimate of drug-likeness (QED) is 0.728. The van der Waals surface area contributed by atoms with Crippen LogP contribution in [-0.4, -0.2) is 34.1 Å². The van der Waals surface area contributed by atoms with Gasteiger partial charge in [-0.05, 0) is 30.7 Å². The molecule has 0 spiro atoms. The van der Waals surface area contributed by atoms with Crippen molar-refractivity contribution in [2.75, 3.05) is 14.2 Å². The lowest BCUT2D eigenvalue weighted by Gasteiger charge is -2.10. The van der Waals surface area contributed by atoms with Gasteiger partial charge in [0, 0.05) is 24.0 Å². The van der Waals surface area contributed by atoms with Crippen molar-refractivity contribution in [3.05, 3.63) is 48.4 Å². The van der Waals surface area contributed by atoms with Gasteiger partial charge in [0.2, 0.25) is 0 Å². The lowest BCUT2D eigenvalue weighted by atomic mass is 10.1. The molecule has 3 aromatic rings. The number of rotatable bonds is 5. The molecular formula is C18H19N3O3. The van der Waals surface area contributed by atoms with Crippen molar-refractivity contribution in [1.82, 2.24) is 14.7 Å². The fourth-order valence-corrected chi connectivity index (χ4v) is 2.66. The fraction of sp³-hybridized carbons (Fsp3) is 0.222. The first kappa shape index (κ1) is 15.9. The Hall–Kier alpha value is -3.02. The van der Waals surface area contributed by atoms with Crippen LogP contribution in [-0.2, 0) is 6.42 Å². The Balaban J connectivity index is 2.18. The largest absolute Gasteiger partial charge is 0.497 e. The molecule has 0 amide bonds. The molecule has 0 atom stereocenters. The summed E-state index contributed by atoms with van der Waals surface area (Å²) in [6.45, 7) is 1.98.